The highest BCUT2D eigenvalue weighted by Gasteiger charge is 2.21. The Balaban J connectivity index is 1.52. The van der Waals surface area contributed by atoms with Gasteiger partial charge >= 0.3 is 0 Å². The minimum absolute atomic E-state index is 0.0368. The molecule has 1 unspecified atom stereocenters. The monoisotopic (exact) mass is 540 g/mol. The Morgan fingerprint density at radius 1 is 1.07 bits per heavy atom. The second-order valence-electron chi connectivity index (χ2n) is 9.31. The van der Waals surface area contributed by atoms with Gasteiger partial charge in [-0.3, -0.25) is 9.59 Å². The van der Waals surface area contributed by atoms with Gasteiger partial charge in [0.05, 0.1) is 18.9 Å². The van der Waals surface area contributed by atoms with E-state index >= 15 is 0 Å². The predicted molar refractivity (Wildman–Crippen MR) is 149 cm³/mol. The van der Waals surface area contributed by atoms with Gasteiger partial charge < -0.3 is 20.1 Å². The third-order valence-electron chi connectivity index (χ3n) is 6.54. The summed E-state index contributed by atoms with van der Waals surface area (Å²) in [5.74, 6) is -0.682. The van der Waals surface area contributed by atoms with Crippen LogP contribution in [0.1, 0.15) is 28.8 Å². The molecule has 0 bridgehead atoms. The van der Waals surface area contributed by atoms with Gasteiger partial charge in [-0.2, -0.15) is 5.10 Å². The summed E-state index contributed by atoms with van der Waals surface area (Å²) in [4.78, 5) is 26.6. The number of rotatable bonds is 9. The lowest BCUT2D eigenvalue weighted by Gasteiger charge is -2.14. The van der Waals surface area contributed by atoms with Gasteiger partial charge in [-0.05, 0) is 79.6 Å². The maximum absolute atomic E-state index is 13.7. The molecule has 1 atom stereocenters. The third kappa shape index (κ3) is 6.44. The highest BCUT2D eigenvalue weighted by molar-refractivity contribution is 6.05. The average molecular weight is 541 g/mol. The number of carbonyl (C=O) groups is 2. The summed E-state index contributed by atoms with van der Waals surface area (Å²) in [5.41, 5.74) is 2.94. The van der Waals surface area contributed by atoms with Gasteiger partial charge in [0.15, 0.2) is 0 Å². The lowest BCUT2D eigenvalue weighted by atomic mass is 10.1. The van der Waals surface area contributed by atoms with E-state index in [1.165, 1.54) is 12.1 Å². The first-order valence-corrected chi connectivity index (χ1v) is 13.0. The summed E-state index contributed by atoms with van der Waals surface area (Å²) in [5, 5.41) is 10.4. The van der Waals surface area contributed by atoms with Gasteiger partial charge in [0, 0.05) is 36.0 Å². The number of methoxy groups -OCH3 is 1. The van der Waals surface area contributed by atoms with Crippen molar-refractivity contribution in [2.24, 2.45) is 0 Å². The van der Waals surface area contributed by atoms with Crippen molar-refractivity contribution in [3.05, 3.63) is 108 Å². The molecule has 2 heterocycles. The molecule has 0 saturated carbocycles. The number of nitrogens with one attached hydrogen (secondary N) is 2. The number of para-hydroxylation sites is 1. The van der Waals surface area contributed by atoms with Gasteiger partial charge in [-0.15, -0.1) is 0 Å². The normalized spacial score (nSPS) is 15.1. The zero-order valence-corrected chi connectivity index (χ0v) is 22.0. The van der Waals surface area contributed by atoms with Crippen LogP contribution in [-0.2, 0) is 9.53 Å². The Morgan fingerprint density at radius 3 is 2.50 bits per heavy atom. The number of benzene rings is 3. The maximum atomic E-state index is 13.7. The Hall–Kier alpha value is -4.76. The molecule has 1 fully saturated rings. The minimum Gasteiger partial charge on any atom is -0.497 e. The number of ether oxygens (including phenoxy) is 2. The van der Waals surface area contributed by atoms with E-state index in [0.29, 0.717) is 41.3 Å². The average Bonchev–Trinajstić information content (AvgIpc) is 3.67. The Morgan fingerprint density at radius 2 is 1.82 bits per heavy atom. The number of hydrogen-bond acceptors (Lipinski definition) is 5. The summed E-state index contributed by atoms with van der Waals surface area (Å²) in [7, 11) is 1.54. The van der Waals surface area contributed by atoms with Crippen LogP contribution in [0.2, 0.25) is 0 Å². The van der Waals surface area contributed by atoms with Crippen molar-refractivity contribution in [2.75, 3.05) is 20.3 Å². The van der Waals surface area contributed by atoms with E-state index in [0.717, 1.165) is 18.5 Å². The molecule has 4 aromatic rings. The summed E-state index contributed by atoms with van der Waals surface area (Å²) >= 11 is 0. The van der Waals surface area contributed by atoms with E-state index in [1.54, 1.807) is 60.5 Å². The fraction of sp³-hybridized carbons (Fsp3) is 0.194. The number of amides is 2. The molecule has 0 radical (unpaired) electrons. The van der Waals surface area contributed by atoms with Gasteiger partial charge in [0.1, 0.15) is 23.0 Å². The second-order valence-corrected chi connectivity index (χ2v) is 9.31. The molecule has 0 spiro atoms. The van der Waals surface area contributed by atoms with Crippen molar-refractivity contribution in [2.45, 2.75) is 18.9 Å². The summed E-state index contributed by atoms with van der Waals surface area (Å²) < 4.78 is 26.2. The fourth-order valence-electron chi connectivity index (χ4n) is 4.40. The maximum Gasteiger partial charge on any atom is 0.267 e. The first kappa shape index (κ1) is 26.8. The largest absolute Gasteiger partial charge is 0.497 e. The minimum atomic E-state index is -0.463. The van der Waals surface area contributed by atoms with Crippen LogP contribution < -0.4 is 15.4 Å². The molecule has 1 aliphatic heterocycles. The van der Waals surface area contributed by atoms with Gasteiger partial charge in [0.2, 0.25) is 0 Å². The zero-order valence-electron chi connectivity index (χ0n) is 22.0. The Bertz CT molecular complexity index is 1490. The molecule has 0 aliphatic carbocycles. The lowest BCUT2D eigenvalue weighted by Crippen LogP contribution is -2.38. The van der Waals surface area contributed by atoms with Crippen LogP contribution in [0.25, 0.3) is 23.0 Å². The molecule has 204 valence electrons. The molecule has 2 N–H and O–H groups in total. The van der Waals surface area contributed by atoms with Crippen LogP contribution in [0.4, 0.5) is 4.39 Å². The molecule has 5 rings (SSSR count). The number of carbonyl (C=O) groups excluding carboxylic acids is 2. The molecular weight excluding hydrogens is 511 g/mol. The van der Waals surface area contributed by atoms with Crippen molar-refractivity contribution in [1.29, 1.82) is 0 Å². The lowest BCUT2D eigenvalue weighted by molar-refractivity contribution is -0.118. The topological polar surface area (TPSA) is 94.5 Å². The highest BCUT2D eigenvalue weighted by Crippen LogP contribution is 2.26. The Kier molecular flexibility index (Phi) is 8.32. The van der Waals surface area contributed by atoms with Gasteiger partial charge in [-0.25, -0.2) is 9.07 Å². The van der Waals surface area contributed by atoms with Crippen LogP contribution in [-0.4, -0.2) is 48.0 Å². The van der Waals surface area contributed by atoms with Crippen molar-refractivity contribution < 1.29 is 23.5 Å². The van der Waals surface area contributed by atoms with Crippen molar-refractivity contribution in [3.63, 3.8) is 0 Å². The number of halogens is 1. The first-order valence-electron chi connectivity index (χ1n) is 13.0. The van der Waals surface area contributed by atoms with Crippen molar-refractivity contribution in [1.82, 2.24) is 20.4 Å². The second kappa shape index (κ2) is 12.4. The number of nitrogens with zero attached hydrogens (tertiary/aromatic N) is 2. The molecule has 1 aliphatic rings. The molecule has 40 heavy (non-hydrogen) atoms. The number of hydrogen-bond donors (Lipinski definition) is 2. The summed E-state index contributed by atoms with van der Waals surface area (Å²) in [6, 6.07) is 22.0. The first-order chi connectivity index (χ1) is 19.5. The van der Waals surface area contributed by atoms with E-state index < -0.39 is 11.8 Å². The van der Waals surface area contributed by atoms with Crippen molar-refractivity contribution >= 4 is 17.9 Å². The predicted octanol–water partition coefficient (Wildman–Crippen LogP) is 4.75. The van der Waals surface area contributed by atoms with E-state index in [1.807, 2.05) is 30.3 Å². The molecule has 3 aromatic carbocycles. The van der Waals surface area contributed by atoms with Crippen LogP contribution in [0.15, 0.2) is 90.8 Å². The van der Waals surface area contributed by atoms with E-state index in [2.05, 4.69) is 10.6 Å². The van der Waals surface area contributed by atoms with Crippen LogP contribution in [0, 0.1) is 5.82 Å². The van der Waals surface area contributed by atoms with Crippen LogP contribution in [0.5, 0.6) is 5.75 Å². The Labute approximate surface area is 231 Å². The van der Waals surface area contributed by atoms with Crippen molar-refractivity contribution in [3.8, 4) is 22.7 Å². The molecule has 9 heteroatoms. The quantitative estimate of drug-likeness (QED) is 0.299. The summed E-state index contributed by atoms with van der Waals surface area (Å²) in [6.07, 6.45) is 5.07. The van der Waals surface area contributed by atoms with E-state index in [4.69, 9.17) is 14.6 Å². The SMILES string of the molecule is COc1ccc(C(=O)N/C(=C\c2cn(-c3ccccc3)nc2-c2ccc(F)cc2)C(=O)NCC2CCCO2)cc1. The zero-order chi connectivity index (χ0) is 27.9. The molecule has 8 nitrogen and oxygen atoms in total. The highest BCUT2D eigenvalue weighted by atomic mass is 19.1. The van der Waals surface area contributed by atoms with Crippen LogP contribution in [0.3, 0.4) is 0 Å². The molecule has 2 amide bonds. The van der Waals surface area contributed by atoms with Gasteiger partial charge in [0.25, 0.3) is 11.8 Å². The van der Waals surface area contributed by atoms with Crippen LogP contribution >= 0.6 is 0 Å². The fourth-order valence-corrected chi connectivity index (χ4v) is 4.40. The molecular formula is C31H29FN4O4. The standard InChI is InChI=1S/C31H29FN4O4/c1-39-26-15-11-22(12-16-26)30(37)34-28(31(38)33-19-27-8-5-17-40-27)18-23-20-36(25-6-3-2-4-7-25)35-29(23)21-9-13-24(32)14-10-21/h2-4,6-7,9-16,18,20,27H,5,8,17,19H2,1H3,(H,33,38)(H,34,37)/b28-18-. The molecule has 1 saturated heterocycles. The van der Waals surface area contributed by atoms with E-state index in [9.17, 15) is 14.0 Å². The third-order valence-corrected chi connectivity index (χ3v) is 6.54. The number of aromatic nitrogens is 2. The van der Waals surface area contributed by atoms with Gasteiger partial charge in [-0.1, -0.05) is 18.2 Å². The summed E-state index contributed by atoms with van der Waals surface area (Å²) in [6.45, 7) is 0.986. The smallest absolute Gasteiger partial charge is 0.267 e. The molecule has 1 aromatic heterocycles. The van der Waals surface area contributed by atoms with E-state index in [-0.39, 0.29) is 17.6 Å².